The minimum atomic E-state index is -0.0941. The number of aromatic nitrogens is 1. The van der Waals surface area contributed by atoms with Gasteiger partial charge in [0.05, 0.1) is 0 Å². The fourth-order valence-electron chi connectivity index (χ4n) is 3.83. The van der Waals surface area contributed by atoms with Crippen LogP contribution in [0.2, 0.25) is 0 Å². The molecule has 2 aliphatic heterocycles. The van der Waals surface area contributed by atoms with E-state index >= 15 is 0 Å². The average Bonchev–Trinajstić information content (AvgIpc) is 3.40. The van der Waals surface area contributed by atoms with E-state index in [1.54, 1.807) is 0 Å². The third kappa shape index (κ3) is 4.32. The van der Waals surface area contributed by atoms with Crippen molar-refractivity contribution >= 4 is 17.6 Å². The number of benzene rings is 1. The van der Waals surface area contributed by atoms with Crippen LogP contribution in [0.15, 0.2) is 42.6 Å². The van der Waals surface area contributed by atoms with Crippen LogP contribution in [0.1, 0.15) is 47.2 Å². The number of nitrogens with zero attached hydrogens (tertiary/aromatic N) is 3. The fourth-order valence-corrected chi connectivity index (χ4v) is 3.83. The number of likely N-dealkylation sites (tertiary alicyclic amines) is 1. The molecule has 0 unspecified atom stereocenters. The minimum absolute atomic E-state index is 0.0941. The molecule has 0 radical (unpaired) electrons. The Bertz CT molecular complexity index is 844. The van der Waals surface area contributed by atoms with E-state index < -0.39 is 0 Å². The van der Waals surface area contributed by atoms with Gasteiger partial charge in [-0.3, -0.25) is 9.59 Å². The Labute approximate surface area is 165 Å². The Kier molecular flexibility index (Phi) is 5.55. The van der Waals surface area contributed by atoms with Gasteiger partial charge in [0, 0.05) is 50.9 Å². The van der Waals surface area contributed by atoms with Crippen molar-refractivity contribution < 1.29 is 9.59 Å². The molecule has 2 saturated heterocycles. The van der Waals surface area contributed by atoms with Gasteiger partial charge in [-0.25, -0.2) is 4.98 Å². The van der Waals surface area contributed by atoms with Gasteiger partial charge in [0.15, 0.2) is 0 Å². The molecule has 3 heterocycles. The molecule has 28 heavy (non-hydrogen) atoms. The van der Waals surface area contributed by atoms with E-state index in [-0.39, 0.29) is 11.8 Å². The Morgan fingerprint density at radius 3 is 2.50 bits per heavy atom. The first-order chi connectivity index (χ1) is 13.7. The molecule has 0 saturated carbocycles. The van der Waals surface area contributed by atoms with E-state index in [1.165, 1.54) is 12.8 Å². The second-order valence-corrected chi connectivity index (χ2v) is 7.51. The lowest BCUT2D eigenvalue weighted by Crippen LogP contribution is -2.24. The maximum atomic E-state index is 12.5. The molecule has 0 atom stereocenters. The van der Waals surface area contributed by atoms with Gasteiger partial charge in [-0.15, -0.1) is 0 Å². The number of rotatable bonds is 6. The van der Waals surface area contributed by atoms with Gasteiger partial charge in [-0.05, 0) is 54.7 Å². The maximum Gasteiger partial charge on any atom is 0.251 e. The molecule has 1 aromatic carbocycles. The third-order valence-electron chi connectivity index (χ3n) is 5.45. The minimum Gasteiger partial charge on any atom is -0.357 e. The van der Waals surface area contributed by atoms with Crippen LogP contribution < -0.4 is 10.2 Å². The van der Waals surface area contributed by atoms with Gasteiger partial charge >= 0.3 is 0 Å². The predicted molar refractivity (Wildman–Crippen MR) is 108 cm³/mol. The molecule has 2 aromatic rings. The predicted octanol–water partition coefficient (Wildman–Crippen LogP) is 2.73. The molecule has 2 aliphatic rings. The zero-order chi connectivity index (χ0) is 19.3. The maximum absolute atomic E-state index is 12.5. The molecule has 0 spiro atoms. The van der Waals surface area contributed by atoms with Crippen molar-refractivity contribution in [1.82, 2.24) is 15.2 Å². The number of amides is 2. The number of hydrogen-bond donors (Lipinski definition) is 1. The Morgan fingerprint density at radius 1 is 1.00 bits per heavy atom. The van der Waals surface area contributed by atoms with E-state index in [1.807, 2.05) is 41.4 Å². The molecule has 0 aliphatic carbocycles. The molecule has 2 amide bonds. The molecule has 6 heteroatoms. The first kappa shape index (κ1) is 18.5. The highest BCUT2D eigenvalue weighted by molar-refractivity contribution is 5.94. The van der Waals surface area contributed by atoms with Gasteiger partial charge < -0.3 is 15.1 Å². The van der Waals surface area contributed by atoms with Crippen molar-refractivity contribution in [3.63, 3.8) is 0 Å². The van der Waals surface area contributed by atoms with Crippen LogP contribution in [-0.4, -0.2) is 41.3 Å². The third-order valence-corrected chi connectivity index (χ3v) is 5.45. The number of nitrogens with one attached hydrogen (secondary N) is 1. The summed E-state index contributed by atoms with van der Waals surface area (Å²) >= 11 is 0. The smallest absolute Gasteiger partial charge is 0.251 e. The molecular weight excluding hydrogens is 352 g/mol. The summed E-state index contributed by atoms with van der Waals surface area (Å²) in [5, 5.41) is 2.98. The molecule has 4 rings (SSSR count). The summed E-state index contributed by atoms with van der Waals surface area (Å²) in [6, 6.07) is 11.5. The fraction of sp³-hybridized carbons (Fsp3) is 0.409. The van der Waals surface area contributed by atoms with Crippen LogP contribution in [0.3, 0.4) is 0 Å². The average molecular weight is 378 g/mol. The van der Waals surface area contributed by atoms with Crippen molar-refractivity contribution in [2.75, 3.05) is 24.5 Å². The highest BCUT2D eigenvalue weighted by Crippen LogP contribution is 2.19. The van der Waals surface area contributed by atoms with E-state index in [0.29, 0.717) is 25.1 Å². The summed E-state index contributed by atoms with van der Waals surface area (Å²) in [5.41, 5.74) is 2.73. The van der Waals surface area contributed by atoms with Crippen LogP contribution >= 0.6 is 0 Å². The van der Waals surface area contributed by atoms with Crippen LogP contribution in [0.25, 0.3) is 0 Å². The Hall–Kier alpha value is -2.89. The Balaban J connectivity index is 1.32. The summed E-state index contributed by atoms with van der Waals surface area (Å²) in [5.74, 6) is 1.11. The standard InChI is InChI=1S/C22H26N4O2/c27-21-4-3-13-26(21)16-17-5-7-19(8-6-17)22(28)24-15-18-9-10-23-20(14-18)25-11-1-2-12-25/h5-10,14H,1-4,11-13,15-16H2,(H,24,28). The van der Waals surface area contributed by atoms with E-state index in [2.05, 4.69) is 21.3 Å². The molecule has 146 valence electrons. The first-order valence-corrected chi connectivity index (χ1v) is 10.0. The SMILES string of the molecule is O=C(NCc1ccnc(N2CCCC2)c1)c1ccc(CN2CCCC2=O)cc1. The van der Waals surface area contributed by atoms with Crippen molar-refractivity contribution in [3.05, 3.63) is 59.3 Å². The monoisotopic (exact) mass is 378 g/mol. The van der Waals surface area contributed by atoms with E-state index in [4.69, 9.17) is 0 Å². The van der Waals surface area contributed by atoms with E-state index in [0.717, 1.165) is 43.0 Å². The number of pyridine rings is 1. The lowest BCUT2D eigenvalue weighted by molar-refractivity contribution is -0.128. The lowest BCUT2D eigenvalue weighted by Gasteiger charge is -2.17. The number of anilines is 1. The van der Waals surface area contributed by atoms with Crippen molar-refractivity contribution in [2.45, 2.75) is 38.8 Å². The summed E-state index contributed by atoms with van der Waals surface area (Å²) in [7, 11) is 0. The number of hydrogen-bond acceptors (Lipinski definition) is 4. The quantitative estimate of drug-likeness (QED) is 0.839. The number of carbonyl (C=O) groups is 2. The van der Waals surface area contributed by atoms with Gasteiger partial charge in [0.2, 0.25) is 5.91 Å². The van der Waals surface area contributed by atoms with Crippen LogP contribution in [0.5, 0.6) is 0 Å². The molecule has 0 bridgehead atoms. The van der Waals surface area contributed by atoms with Crippen molar-refractivity contribution in [1.29, 1.82) is 0 Å². The highest BCUT2D eigenvalue weighted by atomic mass is 16.2. The van der Waals surface area contributed by atoms with Gasteiger partial charge in [-0.1, -0.05) is 12.1 Å². The summed E-state index contributed by atoms with van der Waals surface area (Å²) in [6.07, 6.45) is 5.82. The lowest BCUT2D eigenvalue weighted by atomic mass is 10.1. The first-order valence-electron chi connectivity index (χ1n) is 10.0. The highest BCUT2D eigenvalue weighted by Gasteiger charge is 2.20. The zero-order valence-electron chi connectivity index (χ0n) is 16.1. The molecule has 6 nitrogen and oxygen atoms in total. The summed E-state index contributed by atoms with van der Waals surface area (Å²) in [4.78, 5) is 32.8. The van der Waals surface area contributed by atoms with Crippen LogP contribution in [0.4, 0.5) is 5.82 Å². The normalized spacial score (nSPS) is 16.6. The largest absolute Gasteiger partial charge is 0.357 e. The molecule has 2 fully saturated rings. The topological polar surface area (TPSA) is 65.5 Å². The number of carbonyl (C=O) groups excluding carboxylic acids is 2. The summed E-state index contributed by atoms with van der Waals surface area (Å²) in [6.45, 7) is 4.03. The van der Waals surface area contributed by atoms with Gasteiger partial charge in [0.25, 0.3) is 5.91 Å². The molecular formula is C22H26N4O2. The summed E-state index contributed by atoms with van der Waals surface area (Å²) < 4.78 is 0. The van der Waals surface area contributed by atoms with Crippen LogP contribution in [-0.2, 0) is 17.9 Å². The van der Waals surface area contributed by atoms with Gasteiger partial charge in [0.1, 0.15) is 5.82 Å². The molecule has 1 N–H and O–H groups in total. The van der Waals surface area contributed by atoms with Crippen LogP contribution in [0, 0.1) is 0 Å². The van der Waals surface area contributed by atoms with E-state index in [9.17, 15) is 9.59 Å². The van der Waals surface area contributed by atoms with Gasteiger partial charge in [-0.2, -0.15) is 0 Å². The van der Waals surface area contributed by atoms with Crippen molar-refractivity contribution in [2.24, 2.45) is 0 Å². The molecule has 1 aromatic heterocycles. The zero-order valence-corrected chi connectivity index (χ0v) is 16.1. The Morgan fingerprint density at radius 2 is 1.79 bits per heavy atom. The second kappa shape index (κ2) is 8.42. The second-order valence-electron chi connectivity index (χ2n) is 7.51. The van der Waals surface area contributed by atoms with Crippen molar-refractivity contribution in [3.8, 4) is 0 Å².